The molecule has 0 bridgehead atoms. The van der Waals surface area contributed by atoms with Crippen LogP contribution in [0.25, 0.3) is 0 Å². The zero-order chi connectivity index (χ0) is 16.1. The summed E-state index contributed by atoms with van der Waals surface area (Å²) in [6.45, 7) is 6.37. The average Bonchev–Trinajstić information content (AvgIpc) is 2.61. The summed E-state index contributed by atoms with van der Waals surface area (Å²) in [4.78, 5) is 15.1. The second-order valence-electron chi connectivity index (χ2n) is 6.94. The fourth-order valence-electron chi connectivity index (χ4n) is 3.99. The molecule has 0 spiro atoms. The Hall–Kier alpha value is -1.10. The monoisotopic (exact) mass is 352 g/mol. The molecule has 0 atom stereocenters. The minimum atomic E-state index is 0. The summed E-state index contributed by atoms with van der Waals surface area (Å²) in [5.41, 5.74) is 2.01. The second kappa shape index (κ2) is 8.84. The Morgan fingerprint density at radius 3 is 2.58 bits per heavy atom. The molecule has 4 nitrogen and oxygen atoms in total. The first-order chi connectivity index (χ1) is 11.2. The van der Waals surface area contributed by atoms with Crippen molar-refractivity contribution in [3.8, 4) is 0 Å². The van der Waals surface area contributed by atoms with Crippen LogP contribution in [0, 0.1) is 6.92 Å². The van der Waals surface area contributed by atoms with Crippen LogP contribution in [-0.2, 0) is 4.74 Å². The van der Waals surface area contributed by atoms with Gasteiger partial charge in [-0.3, -0.25) is 9.69 Å². The molecule has 5 heteroatoms. The third-order valence-electron chi connectivity index (χ3n) is 5.32. The number of hydrogen-bond acceptors (Lipinski definition) is 3. The zero-order valence-corrected chi connectivity index (χ0v) is 15.4. The highest BCUT2D eigenvalue weighted by atomic mass is 35.5. The molecule has 2 fully saturated rings. The van der Waals surface area contributed by atoms with Gasteiger partial charge in [0.05, 0.1) is 13.2 Å². The maximum atomic E-state index is 12.5. The number of halogens is 1. The summed E-state index contributed by atoms with van der Waals surface area (Å²) in [5.74, 6) is 0.0481. The molecule has 1 N–H and O–H groups in total. The fourth-order valence-corrected chi connectivity index (χ4v) is 3.99. The number of amides is 1. The molecule has 1 heterocycles. The van der Waals surface area contributed by atoms with Gasteiger partial charge < -0.3 is 10.1 Å². The largest absolute Gasteiger partial charge is 0.379 e. The van der Waals surface area contributed by atoms with Crippen LogP contribution >= 0.6 is 12.4 Å². The summed E-state index contributed by atoms with van der Waals surface area (Å²) in [6.07, 6.45) is 6.20. The van der Waals surface area contributed by atoms with E-state index in [-0.39, 0.29) is 23.9 Å². The molecule has 1 aliphatic carbocycles. The third-order valence-corrected chi connectivity index (χ3v) is 5.32. The number of nitrogens with zero attached hydrogens (tertiary/aromatic N) is 1. The average molecular weight is 353 g/mol. The minimum Gasteiger partial charge on any atom is -0.379 e. The molecule has 2 aliphatic rings. The van der Waals surface area contributed by atoms with Crippen molar-refractivity contribution in [2.45, 2.75) is 44.6 Å². The number of aryl methyl sites for hydroxylation is 1. The number of ether oxygens (including phenoxy) is 1. The molecule has 1 aromatic rings. The van der Waals surface area contributed by atoms with Crippen molar-refractivity contribution < 1.29 is 9.53 Å². The lowest BCUT2D eigenvalue weighted by Crippen LogP contribution is -2.59. The summed E-state index contributed by atoms with van der Waals surface area (Å²) < 4.78 is 5.51. The lowest BCUT2D eigenvalue weighted by Gasteiger charge is -2.48. The van der Waals surface area contributed by atoms with E-state index in [0.29, 0.717) is 0 Å². The highest BCUT2D eigenvalue weighted by Gasteiger charge is 2.38. The predicted octanol–water partition coefficient (Wildman–Crippen LogP) is 3.18. The predicted molar refractivity (Wildman–Crippen MR) is 99.0 cm³/mol. The van der Waals surface area contributed by atoms with Crippen LogP contribution in [0.3, 0.4) is 0 Å². The van der Waals surface area contributed by atoms with E-state index in [1.165, 1.54) is 32.1 Å². The van der Waals surface area contributed by atoms with Crippen LogP contribution in [0.1, 0.15) is 48.0 Å². The zero-order valence-electron chi connectivity index (χ0n) is 14.6. The van der Waals surface area contributed by atoms with Crippen LogP contribution in [0.5, 0.6) is 0 Å². The topological polar surface area (TPSA) is 41.6 Å². The molecular weight excluding hydrogens is 324 g/mol. The van der Waals surface area contributed by atoms with Crippen molar-refractivity contribution in [2.75, 3.05) is 32.8 Å². The number of hydrogen-bond donors (Lipinski definition) is 1. The Labute approximate surface area is 151 Å². The lowest BCUT2D eigenvalue weighted by molar-refractivity contribution is -0.0361. The van der Waals surface area contributed by atoms with E-state index in [1.54, 1.807) is 0 Å². The van der Waals surface area contributed by atoms with E-state index < -0.39 is 0 Å². The third kappa shape index (κ3) is 4.50. The Bertz CT molecular complexity index is 538. The van der Waals surface area contributed by atoms with E-state index >= 15 is 0 Å². The number of carbonyl (C=O) groups excluding carboxylic acids is 1. The van der Waals surface area contributed by atoms with Gasteiger partial charge in [-0.25, -0.2) is 0 Å². The van der Waals surface area contributed by atoms with Crippen LogP contribution < -0.4 is 5.32 Å². The van der Waals surface area contributed by atoms with Crippen LogP contribution in [0.2, 0.25) is 0 Å². The van der Waals surface area contributed by atoms with Crippen LogP contribution in [0.4, 0.5) is 0 Å². The van der Waals surface area contributed by atoms with Gasteiger partial charge >= 0.3 is 0 Å². The molecule has 1 saturated carbocycles. The van der Waals surface area contributed by atoms with Crippen molar-refractivity contribution in [1.29, 1.82) is 0 Å². The Morgan fingerprint density at radius 1 is 1.21 bits per heavy atom. The van der Waals surface area contributed by atoms with Gasteiger partial charge in [-0.05, 0) is 31.9 Å². The van der Waals surface area contributed by atoms with Gasteiger partial charge in [-0.1, -0.05) is 37.0 Å². The lowest BCUT2D eigenvalue weighted by atomic mass is 9.79. The molecule has 1 aliphatic heterocycles. The molecule has 1 amide bonds. The summed E-state index contributed by atoms with van der Waals surface area (Å²) in [7, 11) is 0. The van der Waals surface area contributed by atoms with Crippen molar-refractivity contribution in [3.63, 3.8) is 0 Å². The molecule has 0 radical (unpaired) electrons. The van der Waals surface area contributed by atoms with Crippen molar-refractivity contribution in [1.82, 2.24) is 10.2 Å². The minimum absolute atomic E-state index is 0. The Balaban J connectivity index is 0.00000208. The molecule has 24 heavy (non-hydrogen) atoms. The summed E-state index contributed by atoms with van der Waals surface area (Å²) in [5, 5.41) is 3.21. The van der Waals surface area contributed by atoms with E-state index in [4.69, 9.17) is 4.74 Å². The van der Waals surface area contributed by atoms with E-state index in [1.807, 2.05) is 31.2 Å². The van der Waals surface area contributed by atoms with Gasteiger partial charge in [0.2, 0.25) is 0 Å². The van der Waals surface area contributed by atoms with Crippen LogP contribution in [0.15, 0.2) is 24.3 Å². The standard InChI is InChI=1S/C19H28N2O2.ClH/c1-16-6-5-7-17(14-16)18(22)20-15-19(8-3-2-4-9-19)21-10-12-23-13-11-21;/h5-7,14H,2-4,8-13,15H2,1H3,(H,20,22);1H. The highest BCUT2D eigenvalue weighted by Crippen LogP contribution is 2.33. The van der Waals surface area contributed by atoms with Crippen LogP contribution in [-0.4, -0.2) is 49.2 Å². The normalized spacial score (nSPS) is 20.9. The highest BCUT2D eigenvalue weighted by molar-refractivity contribution is 5.94. The first-order valence-electron chi connectivity index (χ1n) is 8.87. The number of nitrogens with one attached hydrogen (secondary N) is 1. The van der Waals surface area contributed by atoms with Crippen molar-refractivity contribution in [3.05, 3.63) is 35.4 Å². The first kappa shape index (κ1) is 19.2. The van der Waals surface area contributed by atoms with Crippen molar-refractivity contribution in [2.24, 2.45) is 0 Å². The molecule has 1 saturated heterocycles. The molecule has 3 rings (SSSR count). The van der Waals surface area contributed by atoms with Gasteiger partial charge in [0.1, 0.15) is 0 Å². The molecular formula is C19H29ClN2O2. The van der Waals surface area contributed by atoms with Gasteiger partial charge in [0.15, 0.2) is 0 Å². The quantitative estimate of drug-likeness (QED) is 0.904. The smallest absolute Gasteiger partial charge is 0.251 e. The van der Waals surface area contributed by atoms with E-state index in [9.17, 15) is 4.79 Å². The number of carbonyl (C=O) groups is 1. The molecule has 134 valence electrons. The molecule has 0 aromatic heterocycles. The Kier molecular flexibility index (Phi) is 7.08. The fraction of sp³-hybridized carbons (Fsp3) is 0.632. The second-order valence-corrected chi connectivity index (χ2v) is 6.94. The van der Waals surface area contributed by atoms with E-state index in [2.05, 4.69) is 10.2 Å². The maximum absolute atomic E-state index is 12.5. The van der Waals surface area contributed by atoms with Crippen molar-refractivity contribution >= 4 is 18.3 Å². The number of benzene rings is 1. The summed E-state index contributed by atoms with van der Waals surface area (Å²) in [6, 6.07) is 7.82. The number of rotatable bonds is 4. The van der Waals surface area contributed by atoms with Gasteiger partial charge in [0.25, 0.3) is 5.91 Å². The maximum Gasteiger partial charge on any atom is 0.251 e. The molecule has 1 aromatic carbocycles. The van der Waals surface area contributed by atoms with Gasteiger partial charge in [-0.2, -0.15) is 0 Å². The summed E-state index contributed by atoms with van der Waals surface area (Å²) >= 11 is 0. The first-order valence-corrected chi connectivity index (χ1v) is 8.87. The SMILES string of the molecule is Cc1cccc(C(=O)NCC2(N3CCOCC3)CCCCC2)c1.Cl. The molecule has 0 unspecified atom stereocenters. The number of morpholine rings is 1. The Morgan fingerprint density at radius 2 is 1.92 bits per heavy atom. The van der Waals surface area contributed by atoms with E-state index in [0.717, 1.165) is 44.0 Å². The van der Waals surface area contributed by atoms with Gasteiger partial charge in [-0.15, -0.1) is 12.4 Å². The van der Waals surface area contributed by atoms with Gasteiger partial charge in [0, 0.05) is 30.7 Å².